The molecule has 5 rings (SSSR count). The van der Waals surface area contributed by atoms with E-state index in [2.05, 4.69) is 22.3 Å². The monoisotopic (exact) mass is 505 g/mol. The molecule has 38 heavy (non-hydrogen) atoms. The number of benzene rings is 4. The summed E-state index contributed by atoms with van der Waals surface area (Å²) < 4.78 is 5.72. The predicted molar refractivity (Wildman–Crippen MR) is 150 cm³/mol. The molecule has 2 amide bonds. The van der Waals surface area contributed by atoms with E-state index in [1.54, 1.807) is 0 Å². The van der Waals surface area contributed by atoms with Crippen molar-refractivity contribution in [1.82, 2.24) is 5.32 Å². The van der Waals surface area contributed by atoms with Crippen molar-refractivity contribution in [3.63, 3.8) is 0 Å². The highest BCUT2D eigenvalue weighted by molar-refractivity contribution is 6.12. The number of rotatable bonds is 8. The Morgan fingerprint density at radius 3 is 2.16 bits per heavy atom. The number of nitrogens with one attached hydrogen (secondary N) is 1. The molecule has 1 N–H and O–H groups in total. The van der Waals surface area contributed by atoms with Gasteiger partial charge in [-0.25, -0.2) is 0 Å². The maximum Gasteiger partial charge on any atom is 0.262 e. The molecule has 0 aliphatic carbocycles. The van der Waals surface area contributed by atoms with E-state index in [-0.39, 0.29) is 24.5 Å². The van der Waals surface area contributed by atoms with Gasteiger partial charge in [0.25, 0.3) is 11.8 Å². The summed E-state index contributed by atoms with van der Waals surface area (Å²) in [6.45, 7) is 4.39. The van der Waals surface area contributed by atoms with Gasteiger partial charge in [-0.15, -0.1) is 0 Å². The van der Waals surface area contributed by atoms with E-state index >= 15 is 0 Å². The average molecular weight is 506 g/mol. The normalized spacial score (nSPS) is 14.8. The minimum atomic E-state index is -0.390. The summed E-state index contributed by atoms with van der Waals surface area (Å²) in [6, 6.07) is 35.5. The minimum absolute atomic E-state index is 0.0493. The van der Waals surface area contributed by atoms with Gasteiger partial charge in [0.15, 0.2) is 6.61 Å². The summed E-state index contributed by atoms with van der Waals surface area (Å²) in [7, 11) is 0. The second-order valence-electron chi connectivity index (χ2n) is 9.59. The molecule has 0 saturated carbocycles. The first-order chi connectivity index (χ1) is 18.5. The second kappa shape index (κ2) is 11.2. The SMILES string of the molecule is CC(C)NC(=O)COc1ccc([C@H]2N(Cc3ccccc3)c3ccccc3C(=O)N2c2ccccc2)cc1. The van der Waals surface area contributed by atoms with Crippen molar-refractivity contribution in [3.8, 4) is 5.75 Å². The maximum atomic E-state index is 14.0. The lowest BCUT2D eigenvalue weighted by Crippen LogP contribution is -2.49. The molecular weight excluding hydrogens is 474 g/mol. The molecule has 0 spiro atoms. The van der Waals surface area contributed by atoms with Gasteiger partial charge in [-0.2, -0.15) is 0 Å². The van der Waals surface area contributed by atoms with Gasteiger partial charge in [-0.05, 0) is 61.4 Å². The van der Waals surface area contributed by atoms with Crippen LogP contribution in [-0.2, 0) is 11.3 Å². The van der Waals surface area contributed by atoms with Gasteiger partial charge in [-0.3, -0.25) is 14.5 Å². The smallest absolute Gasteiger partial charge is 0.262 e. The number of amides is 2. The van der Waals surface area contributed by atoms with Crippen molar-refractivity contribution in [3.05, 3.63) is 126 Å². The zero-order chi connectivity index (χ0) is 26.5. The number of hydrogen-bond acceptors (Lipinski definition) is 4. The van der Waals surface area contributed by atoms with Crippen LogP contribution in [0, 0.1) is 0 Å². The highest BCUT2D eigenvalue weighted by Gasteiger charge is 2.39. The van der Waals surface area contributed by atoms with Gasteiger partial charge >= 0.3 is 0 Å². The molecule has 0 saturated heterocycles. The van der Waals surface area contributed by atoms with Crippen LogP contribution in [0.25, 0.3) is 0 Å². The van der Waals surface area contributed by atoms with Gasteiger partial charge in [0.2, 0.25) is 0 Å². The third-order valence-electron chi connectivity index (χ3n) is 6.43. The van der Waals surface area contributed by atoms with Crippen LogP contribution >= 0.6 is 0 Å². The highest BCUT2D eigenvalue weighted by atomic mass is 16.5. The fraction of sp³-hybridized carbons (Fsp3) is 0.188. The van der Waals surface area contributed by atoms with Crippen LogP contribution in [-0.4, -0.2) is 24.5 Å². The quantitative estimate of drug-likeness (QED) is 0.321. The summed E-state index contributed by atoms with van der Waals surface area (Å²) in [6.07, 6.45) is -0.390. The van der Waals surface area contributed by atoms with Crippen LogP contribution in [0.1, 0.15) is 41.5 Å². The van der Waals surface area contributed by atoms with E-state index in [0.29, 0.717) is 17.9 Å². The third-order valence-corrected chi connectivity index (χ3v) is 6.43. The number of ether oxygens (including phenoxy) is 1. The van der Waals surface area contributed by atoms with E-state index in [0.717, 1.165) is 22.5 Å². The lowest BCUT2D eigenvalue weighted by atomic mass is 9.99. The van der Waals surface area contributed by atoms with E-state index in [1.807, 2.05) is 116 Å². The molecule has 1 atom stereocenters. The number of nitrogens with zero attached hydrogens (tertiary/aromatic N) is 2. The lowest BCUT2D eigenvalue weighted by molar-refractivity contribution is -0.123. The summed E-state index contributed by atoms with van der Waals surface area (Å²) in [5.41, 5.74) is 4.46. The zero-order valence-corrected chi connectivity index (χ0v) is 21.6. The van der Waals surface area contributed by atoms with Gasteiger partial charge in [0, 0.05) is 18.3 Å². The van der Waals surface area contributed by atoms with Crippen LogP contribution in [0.4, 0.5) is 11.4 Å². The standard InChI is InChI=1S/C32H31N3O3/c1-23(2)33-30(36)22-38-27-19-17-25(18-20-27)31-34(21-24-11-5-3-6-12-24)29-16-10-9-15-28(29)32(37)35(31)26-13-7-4-8-14-26/h3-20,23,31H,21-22H2,1-2H3,(H,33,36)/t31-/m0/s1. The number of para-hydroxylation sites is 2. The molecule has 0 aromatic heterocycles. The average Bonchev–Trinajstić information content (AvgIpc) is 2.94. The molecule has 4 aromatic carbocycles. The number of anilines is 2. The first kappa shape index (κ1) is 25.1. The van der Waals surface area contributed by atoms with Gasteiger partial charge < -0.3 is 15.0 Å². The number of fused-ring (bicyclic) bond motifs is 1. The fourth-order valence-corrected chi connectivity index (χ4v) is 4.79. The van der Waals surface area contributed by atoms with Crippen molar-refractivity contribution in [2.24, 2.45) is 0 Å². The Hall–Kier alpha value is -4.58. The van der Waals surface area contributed by atoms with Crippen molar-refractivity contribution >= 4 is 23.2 Å². The molecule has 1 aliphatic heterocycles. The first-order valence-electron chi connectivity index (χ1n) is 12.8. The maximum absolute atomic E-state index is 14.0. The first-order valence-corrected chi connectivity index (χ1v) is 12.8. The largest absolute Gasteiger partial charge is 0.484 e. The summed E-state index contributed by atoms with van der Waals surface area (Å²) in [5, 5.41) is 2.83. The lowest BCUT2D eigenvalue weighted by Gasteiger charge is -2.46. The molecule has 6 nitrogen and oxygen atoms in total. The van der Waals surface area contributed by atoms with Gasteiger partial charge in [0.1, 0.15) is 11.9 Å². The Labute approximate surface area is 223 Å². The molecule has 0 unspecified atom stereocenters. The Morgan fingerprint density at radius 2 is 1.47 bits per heavy atom. The van der Waals surface area contributed by atoms with Crippen LogP contribution in [0.15, 0.2) is 109 Å². The summed E-state index contributed by atoms with van der Waals surface area (Å²) >= 11 is 0. The van der Waals surface area contributed by atoms with Gasteiger partial charge in [-0.1, -0.05) is 72.8 Å². The summed E-state index contributed by atoms with van der Waals surface area (Å²) in [5.74, 6) is 0.380. The van der Waals surface area contributed by atoms with Crippen molar-refractivity contribution in [1.29, 1.82) is 0 Å². The van der Waals surface area contributed by atoms with Crippen LogP contribution in [0.5, 0.6) is 5.75 Å². The Morgan fingerprint density at radius 1 is 0.842 bits per heavy atom. The number of carbonyl (C=O) groups is 2. The highest BCUT2D eigenvalue weighted by Crippen LogP contribution is 2.42. The van der Waals surface area contributed by atoms with Crippen LogP contribution < -0.4 is 19.9 Å². The predicted octanol–water partition coefficient (Wildman–Crippen LogP) is 5.96. The molecule has 0 radical (unpaired) electrons. The van der Waals surface area contributed by atoms with E-state index in [1.165, 1.54) is 0 Å². The fourth-order valence-electron chi connectivity index (χ4n) is 4.79. The molecule has 192 valence electrons. The minimum Gasteiger partial charge on any atom is -0.484 e. The third kappa shape index (κ3) is 5.39. The topological polar surface area (TPSA) is 61.9 Å². The van der Waals surface area contributed by atoms with Crippen molar-refractivity contribution in [2.45, 2.75) is 32.6 Å². The van der Waals surface area contributed by atoms with Crippen LogP contribution in [0.2, 0.25) is 0 Å². The molecule has 4 aromatic rings. The Balaban J connectivity index is 1.54. The van der Waals surface area contributed by atoms with Gasteiger partial charge in [0.05, 0.1) is 11.3 Å². The molecule has 1 aliphatic rings. The molecule has 1 heterocycles. The zero-order valence-electron chi connectivity index (χ0n) is 21.6. The summed E-state index contributed by atoms with van der Waals surface area (Å²) in [4.78, 5) is 30.1. The number of carbonyl (C=O) groups excluding carboxylic acids is 2. The van der Waals surface area contributed by atoms with E-state index in [4.69, 9.17) is 4.74 Å². The van der Waals surface area contributed by atoms with Crippen molar-refractivity contribution in [2.75, 3.05) is 16.4 Å². The number of hydrogen-bond donors (Lipinski definition) is 1. The molecule has 0 fully saturated rings. The second-order valence-corrected chi connectivity index (χ2v) is 9.59. The van der Waals surface area contributed by atoms with E-state index < -0.39 is 6.17 Å². The molecule has 6 heteroatoms. The van der Waals surface area contributed by atoms with Crippen molar-refractivity contribution < 1.29 is 14.3 Å². The van der Waals surface area contributed by atoms with E-state index in [9.17, 15) is 9.59 Å². The Kier molecular flexibility index (Phi) is 7.40. The van der Waals surface area contributed by atoms with Crippen LogP contribution in [0.3, 0.4) is 0 Å². The molecular formula is C32H31N3O3. The molecule has 0 bridgehead atoms. The Bertz CT molecular complexity index is 1390.